The van der Waals surface area contributed by atoms with Crippen LogP contribution in [0.1, 0.15) is 57.7 Å². The molecule has 0 saturated carbocycles. The van der Waals surface area contributed by atoms with Crippen molar-refractivity contribution >= 4 is 47.8 Å². The maximum Gasteiger partial charge on any atom is 0.410 e. The predicted molar refractivity (Wildman–Crippen MR) is 201 cm³/mol. The number of carbonyl (C=O) groups is 2. The number of piperidine rings is 1. The summed E-state index contributed by atoms with van der Waals surface area (Å²) in [6.45, 7) is 18.7. The van der Waals surface area contributed by atoms with Crippen LogP contribution in [0.3, 0.4) is 0 Å². The van der Waals surface area contributed by atoms with E-state index in [1.54, 1.807) is 4.90 Å². The van der Waals surface area contributed by atoms with E-state index in [1.807, 2.05) is 62.2 Å². The zero-order valence-corrected chi connectivity index (χ0v) is 31.8. The molecule has 268 valence electrons. The minimum atomic E-state index is -1.20. The molecule has 1 fully saturated rings. The Bertz CT molecular complexity index is 1850. The monoisotopic (exact) mass is 699 g/mol. The first-order valence-corrected chi connectivity index (χ1v) is 21.7. The molecule has 5 heterocycles. The molecule has 1 saturated heterocycles. The van der Waals surface area contributed by atoms with Crippen LogP contribution in [0.25, 0.3) is 27.5 Å². The van der Waals surface area contributed by atoms with Crippen LogP contribution < -0.4 is 0 Å². The van der Waals surface area contributed by atoms with Crippen LogP contribution in [0.4, 0.5) is 9.59 Å². The van der Waals surface area contributed by atoms with Crippen LogP contribution in [0.5, 0.6) is 0 Å². The lowest BCUT2D eigenvalue weighted by Gasteiger charge is -2.37. The van der Waals surface area contributed by atoms with Crippen molar-refractivity contribution in [2.75, 3.05) is 32.8 Å². The van der Waals surface area contributed by atoms with Gasteiger partial charge in [-0.15, -0.1) is 0 Å². The summed E-state index contributed by atoms with van der Waals surface area (Å²) in [4.78, 5) is 34.8. The molecule has 50 heavy (non-hydrogen) atoms. The molecule has 2 amide bonds. The van der Waals surface area contributed by atoms with Gasteiger partial charge in [-0.1, -0.05) is 63.0 Å². The summed E-state index contributed by atoms with van der Waals surface area (Å²) < 4.78 is 22.0. The second kappa shape index (κ2) is 14.6. The number of hydrogen-bond donors (Lipinski definition) is 0. The van der Waals surface area contributed by atoms with Gasteiger partial charge in [0.05, 0.1) is 11.6 Å². The van der Waals surface area contributed by atoms with Crippen molar-refractivity contribution in [3.63, 3.8) is 0 Å². The van der Waals surface area contributed by atoms with E-state index >= 15 is 0 Å². The zero-order chi connectivity index (χ0) is 35.6. The molecule has 2 aliphatic rings. The average Bonchev–Trinajstić information content (AvgIpc) is 3.67. The summed E-state index contributed by atoms with van der Waals surface area (Å²) >= 11 is 0. The zero-order valence-electron chi connectivity index (χ0n) is 30.8. The van der Waals surface area contributed by atoms with Crippen LogP contribution in [0, 0.1) is 5.92 Å². The number of likely N-dealkylation sites (tertiary alicyclic amines) is 1. The quantitative estimate of drug-likeness (QED) is 0.129. The van der Waals surface area contributed by atoms with E-state index in [4.69, 9.17) is 19.2 Å². The van der Waals surface area contributed by atoms with Crippen molar-refractivity contribution in [3.8, 4) is 0 Å². The summed E-state index contributed by atoms with van der Waals surface area (Å²) in [5.74, 6) is 0.329. The van der Waals surface area contributed by atoms with E-state index in [9.17, 15) is 9.59 Å². The first kappa shape index (κ1) is 35.7. The highest BCUT2D eigenvalue weighted by atomic mass is 28.3. The van der Waals surface area contributed by atoms with Gasteiger partial charge >= 0.3 is 12.2 Å². The van der Waals surface area contributed by atoms with E-state index in [0.29, 0.717) is 45.2 Å². The van der Waals surface area contributed by atoms with Crippen molar-refractivity contribution in [1.29, 1.82) is 0 Å². The van der Waals surface area contributed by atoms with Gasteiger partial charge in [0.1, 0.15) is 24.6 Å². The third-order valence-corrected chi connectivity index (χ3v) is 11.5. The molecule has 3 aromatic heterocycles. The highest BCUT2D eigenvalue weighted by Crippen LogP contribution is 2.39. The number of rotatable bonds is 9. The molecule has 1 aromatic carbocycles. The summed E-state index contributed by atoms with van der Waals surface area (Å²) in [7, 11) is -1.20. The third kappa shape index (κ3) is 8.26. The van der Waals surface area contributed by atoms with Crippen molar-refractivity contribution in [2.24, 2.45) is 5.92 Å². The minimum absolute atomic E-state index is 0.0358. The molecule has 6 rings (SSSR count). The number of amides is 2. The molecule has 0 radical (unpaired) electrons. The standard InChI is InChI=1S/C39H53N5O5Si/c1-28-13-17-42(37(45)48-26-29-11-9-8-10-12-29)25-34(28)44-24-33(30-14-18-41(19-15-30)38(46)49-39(2,3)4)32-23-40-36-31(35(32)44)16-20-43(36)27-47-21-22-50(5,6)7/h8-12,14,16,20,23-24,28,34H,13,15,17-19,21-22,25-27H2,1-7H3/t28-,34+/m1/s1. The Labute approximate surface area is 297 Å². The first-order chi connectivity index (χ1) is 23.8. The Morgan fingerprint density at radius 1 is 1.00 bits per heavy atom. The van der Waals surface area contributed by atoms with Crippen LogP contribution in [0.2, 0.25) is 25.7 Å². The maximum absolute atomic E-state index is 13.4. The second-order valence-corrected chi connectivity index (χ2v) is 21.7. The van der Waals surface area contributed by atoms with Crippen LogP contribution >= 0.6 is 0 Å². The van der Waals surface area contributed by atoms with Crippen molar-refractivity contribution < 1.29 is 23.8 Å². The number of fused-ring (bicyclic) bond motifs is 3. The number of ether oxygens (including phenoxy) is 3. The molecule has 4 aromatic rings. The van der Waals surface area contributed by atoms with Gasteiger partial charge in [-0.25, -0.2) is 14.6 Å². The average molecular weight is 700 g/mol. The van der Waals surface area contributed by atoms with Gasteiger partial charge < -0.3 is 33.1 Å². The third-order valence-electron chi connectivity index (χ3n) is 9.75. The number of carbonyl (C=O) groups excluding carboxylic acids is 2. The van der Waals surface area contributed by atoms with Gasteiger partial charge in [-0.2, -0.15) is 0 Å². The summed E-state index contributed by atoms with van der Waals surface area (Å²) in [5, 5.41) is 2.13. The normalized spacial score (nSPS) is 18.8. The Hall–Kier alpha value is -4.09. The molecular weight excluding hydrogens is 647 g/mol. The molecule has 11 heteroatoms. The SMILES string of the molecule is C[C@@H]1CCN(C(=O)OCc2ccccc2)C[C@@H]1n1cc(C2=CCN(C(=O)OC(C)(C)C)CC2)c2cnc3c(ccn3COCC[Si](C)(C)C)c21. The summed E-state index contributed by atoms with van der Waals surface area (Å²) in [6, 6.07) is 13.1. The van der Waals surface area contributed by atoms with Crippen LogP contribution in [0.15, 0.2) is 61.1 Å². The van der Waals surface area contributed by atoms with Crippen molar-refractivity contribution in [2.45, 2.75) is 91.2 Å². The Balaban J connectivity index is 1.32. The molecule has 0 N–H and O–H groups in total. The van der Waals surface area contributed by atoms with Gasteiger partial charge in [-0.05, 0) is 62.8 Å². The topological polar surface area (TPSA) is 91.1 Å². The predicted octanol–water partition coefficient (Wildman–Crippen LogP) is 8.55. The van der Waals surface area contributed by atoms with E-state index in [1.165, 1.54) is 5.57 Å². The van der Waals surface area contributed by atoms with Gasteiger partial charge in [0.25, 0.3) is 0 Å². The van der Waals surface area contributed by atoms with Gasteiger partial charge in [0, 0.05) is 75.8 Å². The fourth-order valence-corrected chi connectivity index (χ4v) is 7.59. The summed E-state index contributed by atoms with van der Waals surface area (Å²) in [5.41, 5.74) is 4.73. The van der Waals surface area contributed by atoms with Gasteiger partial charge in [0.2, 0.25) is 0 Å². The molecular formula is C39H53N5O5Si. The summed E-state index contributed by atoms with van der Waals surface area (Å²) in [6.07, 6.45) is 9.46. The lowest BCUT2D eigenvalue weighted by atomic mass is 9.93. The number of aromatic nitrogens is 3. The fourth-order valence-electron chi connectivity index (χ4n) is 6.83. The van der Waals surface area contributed by atoms with Crippen LogP contribution in [-0.4, -0.2) is 82.6 Å². The largest absolute Gasteiger partial charge is 0.445 e. The van der Waals surface area contributed by atoms with E-state index in [-0.39, 0.29) is 24.8 Å². The number of nitrogens with zero attached hydrogens (tertiary/aromatic N) is 5. The fraction of sp³-hybridized carbons (Fsp3) is 0.513. The number of hydrogen-bond acceptors (Lipinski definition) is 6. The molecule has 0 unspecified atom stereocenters. The lowest BCUT2D eigenvalue weighted by molar-refractivity contribution is 0.0270. The first-order valence-electron chi connectivity index (χ1n) is 18.0. The van der Waals surface area contributed by atoms with Gasteiger partial charge in [0.15, 0.2) is 0 Å². The Morgan fingerprint density at radius 3 is 2.48 bits per heavy atom. The van der Waals surface area contributed by atoms with Crippen molar-refractivity contribution in [3.05, 3.63) is 72.2 Å². The smallest absolute Gasteiger partial charge is 0.410 e. The number of pyridine rings is 1. The highest BCUT2D eigenvalue weighted by molar-refractivity contribution is 6.76. The Morgan fingerprint density at radius 2 is 1.78 bits per heavy atom. The molecule has 2 aliphatic heterocycles. The highest BCUT2D eigenvalue weighted by Gasteiger charge is 2.33. The number of benzene rings is 1. The van der Waals surface area contributed by atoms with Crippen LogP contribution in [-0.2, 0) is 27.5 Å². The van der Waals surface area contributed by atoms with E-state index in [2.05, 4.69) is 60.2 Å². The van der Waals surface area contributed by atoms with Crippen molar-refractivity contribution in [1.82, 2.24) is 23.9 Å². The molecule has 2 atom stereocenters. The molecule has 0 aliphatic carbocycles. The second-order valence-electron chi connectivity index (χ2n) is 16.1. The van der Waals surface area contributed by atoms with Gasteiger partial charge in [-0.3, -0.25) is 0 Å². The Kier molecular flexibility index (Phi) is 10.5. The molecule has 0 spiro atoms. The van der Waals surface area contributed by atoms with E-state index in [0.717, 1.165) is 52.1 Å². The lowest BCUT2D eigenvalue weighted by Crippen LogP contribution is -2.44. The van der Waals surface area contributed by atoms with E-state index < -0.39 is 13.7 Å². The molecule has 10 nitrogen and oxygen atoms in total. The minimum Gasteiger partial charge on any atom is -0.445 e. The molecule has 0 bridgehead atoms. The maximum atomic E-state index is 13.4.